The van der Waals surface area contributed by atoms with Crippen LogP contribution in [0, 0.1) is 0 Å². The van der Waals surface area contributed by atoms with Gasteiger partial charge in [-0.05, 0) is 12.1 Å². The van der Waals surface area contributed by atoms with E-state index >= 15 is 0 Å². The first-order valence-corrected chi connectivity index (χ1v) is 2.71. The van der Waals surface area contributed by atoms with Crippen LogP contribution in [0.2, 0.25) is 0 Å². The highest BCUT2D eigenvalue weighted by molar-refractivity contribution is 5.76. The van der Waals surface area contributed by atoms with Gasteiger partial charge in [-0.15, -0.1) is 0 Å². The summed E-state index contributed by atoms with van der Waals surface area (Å²) in [5.41, 5.74) is 0.745. The zero-order chi connectivity index (χ0) is 6.27. The van der Waals surface area contributed by atoms with Crippen molar-refractivity contribution in [1.29, 1.82) is 0 Å². The summed E-state index contributed by atoms with van der Waals surface area (Å²) in [5, 5.41) is 10.0. The van der Waals surface area contributed by atoms with Gasteiger partial charge in [0.25, 0.3) is 0 Å². The van der Waals surface area contributed by atoms with Crippen molar-refractivity contribution in [2.24, 2.45) is 0 Å². The predicted octanol–water partition coefficient (Wildman–Crippen LogP) is 1.21. The summed E-state index contributed by atoms with van der Waals surface area (Å²) in [6, 6.07) is 3.74. The van der Waals surface area contributed by atoms with Crippen LogP contribution in [-0.2, 0) is 0 Å². The summed E-state index contributed by atoms with van der Waals surface area (Å²) in [4.78, 5) is 2.88. The van der Waals surface area contributed by atoms with E-state index in [1.807, 2.05) is 12.1 Å². The van der Waals surface area contributed by atoms with Gasteiger partial charge >= 0.3 is 0 Å². The summed E-state index contributed by atoms with van der Waals surface area (Å²) in [6.45, 7) is 0. The van der Waals surface area contributed by atoms with Crippen LogP contribution >= 0.6 is 0 Å². The highest BCUT2D eigenvalue weighted by atomic mass is 16.5. The topological polar surface area (TPSA) is 41.0 Å². The molecule has 0 bridgehead atoms. The fourth-order valence-corrected chi connectivity index (χ4v) is 0.931. The third-order valence-electron chi connectivity index (χ3n) is 1.38. The van der Waals surface area contributed by atoms with E-state index in [4.69, 9.17) is 5.21 Å². The Morgan fingerprint density at radius 3 is 3.11 bits per heavy atom. The average molecular weight is 122 g/mol. The molecule has 0 unspecified atom stereocenters. The molecular formula is C6H6N2O. The Kier molecular flexibility index (Phi) is 0.656. The van der Waals surface area contributed by atoms with Gasteiger partial charge in [-0.1, -0.05) is 0 Å². The SMILES string of the molecule is On1ccc2cc[nH]c21. The largest absolute Gasteiger partial charge is 0.427 e. The van der Waals surface area contributed by atoms with Crippen LogP contribution in [0.4, 0.5) is 0 Å². The summed E-state index contributed by atoms with van der Waals surface area (Å²) in [5.74, 6) is 0. The molecule has 9 heavy (non-hydrogen) atoms. The highest BCUT2D eigenvalue weighted by Crippen LogP contribution is 2.10. The monoisotopic (exact) mass is 122 g/mol. The molecule has 2 N–H and O–H groups in total. The molecule has 0 radical (unpaired) electrons. The molecule has 2 rings (SSSR count). The molecule has 0 aliphatic rings. The molecule has 3 nitrogen and oxygen atoms in total. The Morgan fingerprint density at radius 2 is 2.33 bits per heavy atom. The van der Waals surface area contributed by atoms with Crippen LogP contribution in [0.3, 0.4) is 0 Å². The number of aromatic amines is 1. The Labute approximate surface area is 51.5 Å². The first-order valence-electron chi connectivity index (χ1n) is 2.71. The highest BCUT2D eigenvalue weighted by Gasteiger charge is 1.96. The molecule has 2 heterocycles. The van der Waals surface area contributed by atoms with Crippen molar-refractivity contribution < 1.29 is 5.21 Å². The molecular weight excluding hydrogens is 116 g/mol. The minimum atomic E-state index is 0.745. The molecule has 46 valence electrons. The molecule has 0 aliphatic heterocycles. The van der Waals surface area contributed by atoms with Crippen LogP contribution < -0.4 is 0 Å². The molecule has 0 amide bonds. The number of nitrogens with one attached hydrogen (secondary N) is 1. The quantitative estimate of drug-likeness (QED) is 0.506. The number of fused-ring (bicyclic) bond motifs is 1. The second-order valence-electron chi connectivity index (χ2n) is 1.94. The van der Waals surface area contributed by atoms with Gasteiger partial charge in [0, 0.05) is 17.8 Å². The summed E-state index contributed by atoms with van der Waals surface area (Å²) in [6.07, 6.45) is 3.39. The maximum atomic E-state index is 8.99. The van der Waals surface area contributed by atoms with Crippen LogP contribution in [-0.4, -0.2) is 14.9 Å². The number of hydrogen-bond donors (Lipinski definition) is 2. The van der Waals surface area contributed by atoms with Crippen molar-refractivity contribution >= 4 is 11.0 Å². The second-order valence-corrected chi connectivity index (χ2v) is 1.94. The Morgan fingerprint density at radius 1 is 1.44 bits per heavy atom. The molecule has 0 saturated carbocycles. The molecule has 2 aromatic rings. The van der Waals surface area contributed by atoms with Gasteiger partial charge in [0.2, 0.25) is 0 Å². The number of H-pyrrole nitrogens is 1. The van der Waals surface area contributed by atoms with Gasteiger partial charge < -0.3 is 10.2 Å². The first-order chi connectivity index (χ1) is 4.38. The van der Waals surface area contributed by atoms with Crippen LogP contribution in [0.15, 0.2) is 24.5 Å². The smallest absolute Gasteiger partial charge is 0.153 e. The van der Waals surface area contributed by atoms with Crippen molar-refractivity contribution in [3.63, 3.8) is 0 Å². The Balaban J connectivity index is 2.99. The molecule has 0 fully saturated rings. The van der Waals surface area contributed by atoms with Crippen molar-refractivity contribution in [2.75, 3.05) is 0 Å². The van der Waals surface area contributed by atoms with E-state index in [1.54, 1.807) is 12.4 Å². The summed E-state index contributed by atoms with van der Waals surface area (Å²) >= 11 is 0. The number of hydrogen-bond acceptors (Lipinski definition) is 1. The lowest BCUT2D eigenvalue weighted by Gasteiger charge is -1.86. The maximum absolute atomic E-state index is 8.99. The zero-order valence-electron chi connectivity index (χ0n) is 4.70. The standard InChI is InChI=1S/C6H6N2O/c9-8-4-2-5-1-3-7-6(5)8/h1-4,7,9H. The van der Waals surface area contributed by atoms with Crippen LogP contribution in [0.5, 0.6) is 0 Å². The van der Waals surface area contributed by atoms with Gasteiger partial charge in [-0.3, -0.25) is 0 Å². The van der Waals surface area contributed by atoms with E-state index in [0.29, 0.717) is 0 Å². The molecule has 0 spiro atoms. The van der Waals surface area contributed by atoms with E-state index in [0.717, 1.165) is 15.8 Å². The lowest BCUT2D eigenvalue weighted by molar-refractivity contribution is 0.198. The predicted molar refractivity (Wildman–Crippen MR) is 33.5 cm³/mol. The summed E-state index contributed by atoms with van der Waals surface area (Å²) < 4.78 is 1.06. The lowest BCUT2D eigenvalue weighted by Crippen LogP contribution is -1.84. The molecule has 0 aliphatic carbocycles. The average Bonchev–Trinajstić information content (AvgIpc) is 2.35. The minimum absolute atomic E-state index is 0.745. The van der Waals surface area contributed by atoms with E-state index in [2.05, 4.69) is 4.98 Å². The molecule has 2 aromatic heterocycles. The number of rotatable bonds is 0. The Bertz CT molecular complexity index is 320. The van der Waals surface area contributed by atoms with Crippen molar-refractivity contribution in [2.45, 2.75) is 0 Å². The minimum Gasteiger partial charge on any atom is -0.427 e. The third kappa shape index (κ3) is 0.455. The van der Waals surface area contributed by atoms with Gasteiger partial charge in [-0.25, -0.2) is 0 Å². The molecule has 3 heteroatoms. The van der Waals surface area contributed by atoms with Gasteiger partial charge in [0.05, 0.1) is 0 Å². The van der Waals surface area contributed by atoms with E-state index in [9.17, 15) is 0 Å². The van der Waals surface area contributed by atoms with E-state index in [-0.39, 0.29) is 0 Å². The molecule has 0 aromatic carbocycles. The van der Waals surface area contributed by atoms with Gasteiger partial charge in [-0.2, -0.15) is 4.73 Å². The molecule has 0 saturated heterocycles. The van der Waals surface area contributed by atoms with Crippen molar-refractivity contribution in [1.82, 2.24) is 9.71 Å². The maximum Gasteiger partial charge on any atom is 0.153 e. The zero-order valence-corrected chi connectivity index (χ0v) is 4.70. The lowest BCUT2D eigenvalue weighted by atomic mass is 10.4. The summed E-state index contributed by atoms with van der Waals surface area (Å²) in [7, 11) is 0. The fourth-order valence-electron chi connectivity index (χ4n) is 0.931. The van der Waals surface area contributed by atoms with Crippen molar-refractivity contribution in [3.8, 4) is 0 Å². The Hall–Kier alpha value is -1.38. The second kappa shape index (κ2) is 1.31. The molecule has 0 atom stereocenters. The normalized spacial score (nSPS) is 10.7. The van der Waals surface area contributed by atoms with E-state index < -0.39 is 0 Å². The fraction of sp³-hybridized carbons (Fsp3) is 0. The number of nitrogens with zero attached hydrogens (tertiary/aromatic N) is 1. The van der Waals surface area contributed by atoms with E-state index in [1.165, 1.54) is 0 Å². The van der Waals surface area contributed by atoms with Crippen molar-refractivity contribution in [3.05, 3.63) is 24.5 Å². The first kappa shape index (κ1) is 4.49. The van der Waals surface area contributed by atoms with Crippen LogP contribution in [0.1, 0.15) is 0 Å². The van der Waals surface area contributed by atoms with Gasteiger partial charge in [0.15, 0.2) is 5.65 Å². The number of aromatic nitrogens is 2. The van der Waals surface area contributed by atoms with Crippen LogP contribution in [0.25, 0.3) is 11.0 Å². The van der Waals surface area contributed by atoms with Gasteiger partial charge in [0.1, 0.15) is 0 Å². The third-order valence-corrected chi connectivity index (χ3v) is 1.38.